The highest BCUT2D eigenvalue weighted by atomic mass is 32.2. The van der Waals surface area contributed by atoms with E-state index in [4.69, 9.17) is 16.2 Å². The maximum absolute atomic E-state index is 13.0. The molecule has 0 spiro atoms. The molecule has 1 aromatic carbocycles. The number of methoxy groups -OCH3 is 1. The van der Waals surface area contributed by atoms with Crippen molar-refractivity contribution in [2.24, 2.45) is 16.5 Å². The summed E-state index contributed by atoms with van der Waals surface area (Å²) in [5.74, 6) is -2.66. The summed E-state index contributed by atoms with van der Waals surface area (Å²) in [6, 6.07) is 5.21. The molecule has 7 N–H and O–H groups in total. The molecule has 3 atom stereocenters. The number of nitrogens with one attached hydrogen (secondary N) is 2. The Hall–Kier alpha value is -3.74. The Morgan fingerprint density at radius 1 is 1.29 bits per heavy atom. The number of guanidine groups is 1. The van der Waals surface area contributed by atoms with Crippen LogP contribution in [0.1, 0.15) is 11.6 Å². The number of urea groups is 1. The first-order valence-corrected chi connectivity index (χ1v) is 10.00. The predicted octanol–water partition coefficient (Wildman–Crippen LogP) is -0.947. The van der Waals surface area contributed by atoms with Crippen molar-refractivity contribution in [3.63, 3.8) is 0 Å². The Bertz CT molecular complexity index is 977. The summed E-state index contributed by atoms with van der Waals surface area (Å²) < 4.78 is 5.07. The standard InChI is InChI=1S/C18H20N6O6S/c1-30-9-7-31-15-11(14(26)24(15)12(9)16(27)28)21-13(25)10(8-5-3-2-4-6-8)22-18(29)23-17(19)20/h2-6,10-11,15H,7H2,1H3,(H,21,25)(H,27,28)(H5,19,20,22,23,29)/t10?,11-,15+/m1/s1. The molecule has 0 saturated carbocycles. The SMILES string of the molecule is COC1=C(C(=O)O)N2C(=O)[C@@H](NC(=O)C(NC(=O)N=C(N)N)c3ccccc3)[C@@H]2SC1. The molecule has 2 aliphatic rings. The Morgan fingerprint density at radius 2 is 1.97 bits per heavy atom. The van der Waals surface area contributed by atoms with Crippen LogP contribution in [-0.2, 0) is 19.1 Å². The lowest BCUT2D eigenvalue weighted by molar-refractivity contribution is -0.151. The molecule has 31 heavy (non-hydrogen) atoms. The van der Waals surface area contributed by atoms with Crippen molar-refractivity contribution in [3.05, 3.63) is 47.4 Å². The molecule has 0 aliphatic carbocycles. The quantitative estimate of drug-likeness (QED) is 0.207. The topological polar surface area (TPSA) is 189 Å². The number of thioether (sulfide) groups is 1. The minimum atomic E-state index is -1.30. The first-order valence-electron chi connectivity index (χ1n) is 8.95. The molecule has 1 fully saturated rings. The van der Waals surface area contributed by atoms with Gasteiger partial charge in [-0.05, 0) is 5.56 Å². The third kappa shape index (κ3) is 4.40. The van der Waals surface area contributed by atoms with E-state index < -0.39 is 47.2 Å². The number of aliphatic carboxylic acids is 1. The third-order valence-corrected chi connectivity index (χ3v) is 5.83. The third-order valence-electron chi connectivity index (χ3n) is 4.57. The van der Waals surface area contributed by atoms with Crippen LogP contribution < -0.4 is 22.1 Å². The van der Waals surface area contributed by atoms with E-state index in [2.05, 4.69) is 15.6 Å². The van der Waals surface area contributed by atoms with Gasteiger partial charge in [0.05, 0.1) is 12.9 Å². The summed E-state index contributed by atoms with van der Waals surface area (Å²) in [7, 11) is 1.33. The van der Waals surface area contributed by atoms with Crippen molar-refractivity contribution < 1.29 is 29.0 Å². The Balaban J connectivity index is 1.79. The maximum atomic E-state index is 13.0. The van der Waals surface area contributed by atoms with E-state index in [1.807, 2.05) is 0 Å². The van der Waals surface area contributed by atoms with E-state index in [1.165, 1.54) is 18.9 Å². The number of benzene rings is 1. The minimum Gasteiger partial charge on any atom is -0.498 e. The van der Waals surface area contributed by atoms with Crippen molar-refractivity contribution in [3.8, 4) is 0 Å². The summed E-state index contributed by atoms with van der Waals surface area (Å²) in [5.41, 5.74) is 10.6. The first-order chi connectivity index (χ1) is 14.7. The van der Waals surface area contributed by atoms with Gasteiger partial charge in [-0.3, -0.25) is 14.5 Å². The van der Waals surface area contributed by atoms with Gasteiger partial charge >= 0.3 is 12.0 Å². The Labute approximate surface area is 180 Å². The molecular formula is C18H20N6O6S. The zero-order valence-corrected chi connectivity index (χ0v) is 17.1. The Morgan fingerprint density at radius 3 is 2.55 bits per heavy atom. The number of carbonyl (C=O) groups is 4. The fraction of sp³-hybridized carbons (Fsp3) is 0.278. The number of carboxylic acid groups (broad SMARTS) is 1. The molecule has 1 aromatic rings. The smallest absolute Gasteiger partial charge is 0.356 e. The van der Waals surface area contributed by atoms with Crippen LogP contribution in [0.2, 0.25) is 0 Å². The van der Waals surface area contributed by atoms with Crippen molar-refractivity contribution >= 4 is 41.5 Å². The molecule has 12 nitrogen and oxygen atoms in total. The van der Waals surface area contributed by atoms with Gasteiger partial charge in [-0.25, -0.2) is 9.59 Å². The molecule has 2 heterocycles. The van der Waals surface area contributed by atoms with Gasteiger partial charge in [0.15, 0.2) is 11.7 Å². The lowest BCUT2D eigenvalue weighted by Gasteiger charge is -2.49. The fourth-order valence-corrected chi connectivity index (χ4v) is 4.51. The number of aliphatic imine (C=N–C) groups is 1. The molecule has 0 bridgehead atoms. The van der Waals surface area contributed by atoms with Gasteiger partial charge in [-0.15, -0.1) is 11.8 Å². The van der Waals surface area contributed by atoms with Crippen molar-refractivity contribution in [1.29, 1.82) is 0 Å². The van der Waals surface area contributed by atoms with Gasteiger partial charge in [0.2, 0.25) is 5.91 Å². The van der Waals surface area contributed by atoms with E-state index in [-0.39, 0.29) is 17.2 Å². The molecule has 4 amide bonds. The van der Waals surface area contributed by atoms with Crippen LogP contribution in [0.3, 0.4) is 0 Å². The molecule has 0 radical (unpaired) electrons. The van der Waals surface area contributed by atoms with Crippen molar-refractivity contribution in [1.82, 2.24) is 15.5 Å². The highest BCUT2D eigenvalue weighted by Crippen LogP contribution is 2.40. The van der Waals surface area contributed by atoms with E-state index in [0.717, 1.165) is 4.90 Å². The predicted molar refractivity (Wildman–Crippen MR) is 110 cm³/mol. The minimum absolute atomic E-state index is 0.165. The monoisotopic (exact) mass is 448 g/mol. The van der Waals surface area contributed by atoms with Crippen molar-refractivity contribution in [2.45, 2.75) is 17.5 Å². The van der Waals surface area contributed by atoms with E-state index in [0.29, 0.717) is 5.56 Å². The van der Waals surface area contributed by atoms with Crippen LogP contribution in [0.25, 0.3) is 0 Å². The Kier molecular flexibility index (Phi) is 6.34. The van der Waals surface area contributed by atoms with Gasteiger partial charge < -0.3 is 31.9 Å². The van der Waals surface area contributed by atoms with Crippen LogP contribution >= 0.6 is 11.8 Å². The zero-order valence-electron chi connectivity index (χ0n) is 16.3. The molecule has 3 rings (SSSR count). The molecule has 13 heteroatoms. The number of carbonyl (C=O) groups excluding carboxylic acids is 3. The molecule has 1 unspecified atom stereocenters. The van der Waals surface area contributed by atoms with E-state index >= 15 is 0 Å². The number of ether oxygens (including phenoxy) is 1. The number of amides is 4. The first kappa shape index (κ1) is 22.0. The normalized spacial score (nSPS) is 20.7. The van der Waals surface area contributed by atoms with E-state index in [9.17, 15) is 24.3 Å². The van der Waals surface area contributed by atoms with Crippen LogP contribution in [0.5, 0.6) is 0 Å². The lowest BCUT2D eigenvalue weighted by atomic mass is 10.0. The number of fused-ring (bicyclic) bond motifs is 1. The summed E-state index contributed by atoms with van der Waals surface area (Å²) >= 11 is 1.25. The number of hydrogen-bond acceptors (Lipinski definition) is 6. The van der Waals surface area contributed by atoms with Gasteiger partial charge in [0.25, 0.3) is 5.91 Å². The number of carboxylic acids is 1. The van der Waals surface area contributed by atoms with Gasteiger partial charge in [-0.2, -0.15) is 4.99 Å². The van der Waals surface area contributed by atoms with Gasteiger partial charge in [0, 0.05) is 0 Å². The highest BCUT2D eigenvalue weighted by molar-refractivity contribution is 8.00. The zero-order chi connectivity index (χ0) is 22.7. The summed E-state index contributed by atoms with van der Waals surface area (Å²) in [6.07, 6.45) is 0. The highest BCUT2D eigenvalue weighted by Gasteiger charge is 2.55. The summed E-state index contributed by atoms with van der Waals surface area (Å²) in [5, 5.41) is 13.8. The average Bonchev–Trinajstić information content (AvgIpc) is 2.74. The van der Waals surface area contributed by atoms with Crippen LogP contribution in [-0.4, -0.2) is 64.1 Å². The number of hydrogen-bond donors (Lipinski definition) is 5. The number of rotatable bonds is 6. The second-order valence-electron chi connectivity index (χ2n) is 6.51. The molecular weight excluding hydrogens is 428 g/mol. The second-order valence-corrected chi connectivity index (χ2v) is 7.61. The number of nitrogens with zero attached hydrogens (tertiary/aromatic N) is 2. The van der Waals surface area contributed by atoms with Gasteiger partial charge in [0.1, 0.15) is 23.2 Å². The molecule has 164 valence electrons. The van der Waals surface area contributed by atoms with Gasteiger partial charge in [-0.1, -0.05) is 30.3 Å². The number of β-lactam (4-membered cyclic amide) rings is 1. The second kappa shape index (κ2) is 8.95. The lowest BCUT2D eigenvalue weighted by Crippen LogP contribution is -2.71. The van der Waals surface area contributed by atoms with Crippen LogP contribution in [0.4, 0.5) is 4.79 Å². The summed E-state index contributed by atoms with van der Waals surface area (Å²) in [4.78, 5) is 53.6. The fourth-order valence-electron chi connectivity index (χ4n) is 3.20. The van der Waals surface area contributed by atoms with E-state index in [1.54, 1.807) is 30.3 Å². The largest absolute Gasteiger partial charge is 0.498 e. The number of nitrogens with two attached hydrogens (primary N) is 2. The molecule has 0 aromatic heterocycles. The van der Waals surface area contributed by atoms with Crippen LogP contribution in [0, 0.1) is 0 Å². The molecule has 2 aliphatic heterocycles. The van der Waals surface area contributed by atoms with Crippen LogP contribution in [0.15, 0.2) is 46.8 Å². The van der Waals surface area contributed by atoms with Crippen molar-refractivity contribution in [2.75, 3.05) is 12.9 Å². The maximum Gasteiger partial charge on any atom is 0.356 e. The average molecular weight is 448 g/mol. The molecule has 1 saturated heterocycles. The summed E-state index contributed by atoms with van der Waals surface area (Å²) in [6.45, 7) is 0.